The lowest BCUT2D eigenvalue weighted by Crippen LogP contribution is -2.51. The van der Waals surface area contributed by atoms with Crippen LogP contribution in [0.2, 0.25) is 0 Å². The summed E-state index contributed by atoms with van der Waals surface area (Å²) in [7, 11) is 0. The van der Waals surface area contributed by atoms with Gasteiger partial charge in [0.05, 0.1) is 6.10 Å². The van der Waals surface area contributed by atoms with Gasteiger partial charge in [-0.15, -0.1) is 0 Å². The predicted octanol–water partition coefficient (Wildman–Crippen LogP) is 3.01. The smallest absolute Gasteiger partial charge is 0.268 e. The number of carbonyl (C=O) groups excluding carboxylic acids is 2. The first kappa shape index (κ1) is 24.5. The largest absolute Gasteiger partial charge is 0.391 e. The van der Waals surface area contributed by atoms with Crippen molar-refractivity contribution >= 4 is 11.8 Å². The molecule has 2 atom stereocenters. The van der Waals surface area contributed by atoms with E-state index in [2.05, 4.69) is 41.8 Å². The van der Waals surface area contributed by atoms with Gasteiger partial charge in [0, 0.05) is 12.1 Å². The first-order valence-corrected chi connectivity index (χ1v) is 10.8. The van der Waals surface area contributed by atoms with Gasteiger partial charge >= 0.3 is 0 Å². The zero-order chi connectivity index (χ0) is 22.6. The van der Waals surface area contributed by atoms with Gasteiger partial charge in [0.25, 0.3) is 11.8 Å². The Morgan fingerprint density at radius 2 is 1.55 bits per heavy atom. The van der Waals surface area contributed by atoms with Gasteiger partial charge < -0.3 is 15.7 Å². The molecule has 0 fully saturated rings. The van der Waals surface area contributed by atoms with E-state index in [1.807, 2.05) is 12.1 Å². The maximum Gasteiger partial charge on any atom is 0.268 e. The molecule has 0 unspecified atom stereocenters. The van der Waals surface area contributed by atoms with E-state index in [9.17, 15) is 14.7 Å². The van der Waals surface area contributed by atoms with Crippen LogP contribution < -0.4 is 16.1 Å². The van der Waals surface area contributed by atoms with Crippen molar-refractivity contribution in [2.75, 3.05) is 6.54 Å². The van der Waals surface area contributed by atoms with Crippen LogP contribution in [0.5, 0.6) is 0 Å². The van der Waals surface area contributed by atoms with E-state index in [4.69, 9.17) is 5.21 Å². The monoisotopic (exact) mass is 427 g/mol. The van der Waals surface area contributed by atoms with Crippen molar-refractivity contribution in [3.8, 4) is 11.1 Å². The molecule has 0 aliphatic rings. The average Bonchev–Trinajstić information content (AvgIpc) is 2.79. The molecule has 0 saturated carbocycles. The first-order chi connectivity index (χ1) is 15.0. The molecule has 2 amide bonds. The summed E-state index contributed by atoms with van der Waals surface area (Å²) in [6.45, 7) is 5.44. The van der Waals surface area contributed by atoms with Crippen LogP contribution in [-0.2, 0) is 11.3 Å². The average molecular weight is 428 g/mol. The number of hydrogen-bond donors (Lipinski definition) is 5. The maximum atomic E-state index is 12.4. The van der Waals surface area contributed by atoms with Crippen molar-refractivity contribution in [2.45, 2.75) is 58.2 Å². The van der Waals surface area contributed by atoms with Gasteiger partial charge in [0.1, 0.15) is 6.04 Å². The fraction of sp³-hybridized carbons (Fsp3) is 0.417. The number of amides is 2. The Balaban J connectivity index is 1.92. The molecule has 0 aliphatic carbocycles. The number of unbranched alkanes of at least 4 members (excludes halogenated alkanes) is 3. The van der Waals surface area contributed by atoms with E-state index >= 15 is 0 Å². The Labute approximate surface area is 183 Å². The molecule has 2 aromatic rings. The van der Waals surface area contributed by atoms with Crippen LogP contribution in [0.1, 0.15) is 55.5 Å². The number of nitrogens with one attached hydrogen (secondary N) is 3. The summed E-state index contributed by atoms with van der Waals surface area (Å²) in [4.78, 5) is 23.9. The topological polar surface area (TPSA) is 111 Å². The van der Waals surface area contributed by atoms with Crippen LogP contribution in [0, 0.1) is 0 Å². The summed E-state index contributed by atoms with van der Waals surface area (Å²) in [6.07, 6.45) is 3.85. The minimum atomic E-state index is -1.25. The third kappa shape index (κ3) is 7.79. The van der Waals surface area contributed by atoms with Crippen LogP contribution >= 0.6 is 0 Å². The van der Waals surface area contributed by atoms with E-state index in [-0.39, 0.29) is 0 Å². The van der Waals surface area contributed by atoms with Gasteiger partial charge in [-0.05, 0) is 48.7 Å². The maximum absolute atomic E-state index is 12.4. The second-order valence-corrected chi connectivity index (χ2v) is 7.68. The van der Waals surface area contributed by atoms with E-state index < -0.39 is 24.0 Å². The van der Waals surface area contributed by atoms with Crippen molar-refractivity contribution in [3.05, 3.63) is 59.7 Å². The Kier molecular flexibility index (Phi) is 10.2. The van der Waals surface area contributed by atoms with Crippen molar-refractivity contribution in [1.29, 1.82) is 0 Å². The molecule has 31 heavy (non-hydrogen) atoms. The second kappa shape index (κ2) is 12.8. The quantitative estimate of drug-likeness (QED) is 0.203. The van der Waals surface area contributed by atoms with Crippen LogP contribution in [0.25, 0.3) is 11.1 Å². The van der Waals surface area contributed by atoms with Crippen molar-refractivity contribution in [2.24, 2.45) is 0 Å². The molecule has 2 aromatic carbocycles. The number of aliphatic hydroxyl groups excluding tert-OH is 1. The normalized spacial score (nSPS) is 12.8. The van der Waals surface area contributed by atoms with Gasteiger partial charge in [-0.3, -0.25) is 14.8 Å². The Hall–Kier alpha value is -2.74. The van der Waals surface area contributed by atoms with Gasteiger partial charge in [-0.25, -0.2) is 5.48 Å². The van der Waals surface area contributed by atoms with E-state index in [1.165, 1.54) is 43.7 Å². The summed E-state index contributed by atoms with van der Waals surface area (Å²) in [6, 6.07) is 14.0. The number of aliphatic hydroxyl groups is 1. The molecule has 2 rings (SSSR count). The molecule has 0 radical (unpaired) electrons. The molecule has 168 valence electrons. The predicted molar refractivity (Wildman–Crippen MR) is 121 cm³/mol. The number of rotatable bonds is 12. The lowest BCUT2D eigenvalue weighted by atomic mass is 10.0. The van der Waals surface area contributed by atoms with Gasteiger partial charge in [0.15, 0.2) is 0 Å². The second-order valence-electron chi connectivity index (χ2n) is 7.68. The van der Waals surface area contributed by atoms with Crippen LogP contribution in [0.3, 0.4) is 0 Å². The van der Waals surface area contributed by atoms with E-state index in [0.717, 1.165) is 24.2 Å². The van der Waals surface area contributed by atoms with Crippen LogP contribution in [0.4, 0.5) is 0 Å². The summed E-state index contributed by atoms with van der Waals surface area (Å²) in [5.41, 5.74) is 5.03. The highest BCUT2D eigenvalue weighted by Gasteiger charge is 2.25. The molecule has 0 aromatic heterocycles. The number of carbonyl (C=O) groups is 2. The molecule has 0 bridgehead atoms. The Bertz CT molecular complexity index is 820. The van der Waals surface area contributed by atoms with Crippen molar-refractivity contribution in [1.82, 2.24) is 16.1 Å². The molecule has 0 saturated heterocycles. The van der Waals surface area contributed by atoms with Crippen LogP contribution in [0.15, 0.2) is 48.5 Å². The zero-order valence-corrected chi connectivity index (χ0v) is 18.2. The molecule has 0 aliphatic heterocycles. The lowest BCUT2D eigenvalue weighted by molar-refractivity contribution is -0.133. The highest BCUT2D eigenvalue weighted by molar-refractivity contribution is 5.97. The molecule has 7 heteroatoms. The molecule has 7 nitrogen and oxygen atoms in total. The van der Waals surface area contributed by atoms with Gasteiger partial charge in [-0.1, -0.05) is 62.6 Å². The summed E-state index contributed by atoms with van der Waals surface area (Å²) < 4.78 is 0. The lowest BCUT2D eigenvalue weighted by Gasteiger charge is -2.19. The van der Waals surface area contributed by atoms with Crippen LogP contribution in [-0.4, -0.2) is 40.8 Å². The third-order valence-corrected chi connectivity index (χ3v) is 5.13. The Morgan fingerprint density at radius 3 is 2.10 bits per heavy atom. The number of benzene rings is 2. The molecule has 5 N–H and O–H groups in total. The Morgan fingerprint density at radius 1 is 0.935 bits per heavy atom. The fourth-order valence-corrected chi connectivity index (χ4v) is 3.24. The fourth-order valence-electron chi connectivity index (χ4n) is 3.24. The number of hydroxylamine groups is 1. The summed E-state index contributed by atoms with van der Waals surface area (Å²) >= 11 is 0. The minimum Gasteiger partial charge on any atom is -0.391 e. The minimum absolute atomic E-state index is 0.351. The van der Waals surface area contributed by atoms with E-state index in [1.54, 1.807) is 12.1 Å². The SMILES string of the molecule is CCCCCCNCc1ccc(-c2ccc(C(=O)N[C@H](C(=O)NO)[C@@H](C)O)cc2)cc1. The third-order valence-electron chi connectivity index (χ3n) is 5.13. The van der Waals surface area contributed by atoms with Crippen molar-refractivity contribution < 1.29 is 19.9 Å². The molecule has 0 heterocycles. The molecular weight excluding hydrogens is 394 g/mol. The standard InChI is InChI=1S/C24H33N3O4/c1-3-4-5-6-15-25-16-18-7-9-19(10-8-18)20-11-13-21(14-12-20)23(29)26-22(17(2)28)24(30)27-31/h7-14,17,22,25,28,31H,3-6,15-16H2,1-2H3,(H,26,29)(H,27,30)/t17-,22+/m1/s1. The summed E-state index contributed by atoms with van der Waals surface area (Å²) in [5, 5.41) is 24.3. The molecule has 0 spiro atoms. The highest BCUT2D eigenvalue weighted by atomic mass is 16.5. The highest BCUT2D eigenvalue weighted by Crippen LogP contribution is 2.20. The summed E-state index contributed by atoms with van der Waals surface area (Å²) in [5.74, 6) is -1.39. The van der Waals surface area contributed by atoms with Crippen molar-refractivity contribution in [3.63, 3.8) is 0 Å². The van der Waals surface area contributed by atoms with E-state index in [0.29, 0.717) is 5.56 Å². The first-order valence-electron chi connectivity index (χ1n) is 10.8. The zero-order valence-electron chi connectivity index (χ0n) is 18.2. The van der Waals surface area contributed by atoms with Gasteiger partial charge in [0.2, 0.25) is 0 Å². The van der Waals surface area contributed by atoms with Gasteiger partial charge in [-0.2, -0.15) is 0 Å². The number of hydrogen-bond acceptors (Lipinski definition) is 5. The molecular formula is C24H33N3O4.